The van der Waals surface area contributed by atoms with Gasteiger partial charge in [0.1, 0.15) is 4.90 Å². The first-order chi connectivity index (χ1) is 14.2. The number of amides is 1. The summed E-state index contributed by atoms with van der Waals surface area (Å²) in [6.45, 7) is 5.63. The maximum Gasteiger partial charge on any atom is 0.263 e. The summed E-state index contributed by atoms with van der Waals surface area (Å²) in [5.41, 5.74) is 3.46. The number of carbonyl (C=O) groups excluding carboxylic acids is 1. The molecule has 1 unspecified atom stereocenters. The molecule has 3 rings (SSSR count). The molecule has 0 radical (unpaired) electrons. The van der Waals surface area contributed by atoms with Gasteiger partial charge in [0, 0.05) is 11.3 Å². The lowest BCUT2D eigenvalue weighted by molar-refractivity contribution is 0.0939. The number of anilines is 1. The van der Waals surface area contributed by atoms with Crippen molar-refractivity contribution >= 4 is 33.2 Å². The fourth-order valence-corrected chi connectivity index (χ4v) is 4.77. The standard InChI is InChI=1S/C23H23ClN2O3S/c1-15-11-16(2)13-20(12-15)26-30(28,29)22-14-19(9-10-21(22)24)23(27)25-17(3)18-7-5-4-6-8-18/h4-14,17,26H,1-3H3,(H,25,27). The quantitative estimate of drug-likeness (QED) is 0.547. The zero-order valence-electron chi connectivity index (χ0n) is 16.9. The second kappa shape index (κ2) is 8.90. The van der Waals surface area contributed by atoms with Crippen LogP contribution in [0.5, 0.6) is 0 Å². The zero-order chi connectivity index (χ0) is 21.9. The van der Waals surface area contributed by atoms with Gasteiger partial charge in [-0.1, -0.05) is 48.0 Å². The fraction of sp³-hybridized carbons (Fsp3) is 0.174. The molecule has 0 bridgehead atoms. The zero-order valence-corrected chi connectivity index (χ0v) is 18.5. The van der Waals surface area contributed by atoms with Crippen LogP contribution in [0.1, 0.15) is 40.0 Å². The third-order valence-corrected chi connectivity index (χ3v) is 6.47. The van der Waals surface area contributed by atoms with E-state index in [0.717, 1.165) is 16.7 Å². The van der Waals surface area contributed by atoms with Gasteiger partial charge in [0.15, 0.2) is 0 Å². The van der Waals surface area contributed by atoms with Crippen LogP contribution in [0.4, 0.5) is 5.69 Å². The van der Waals surface area contributed by atoms with Crippen LogP contribution in [0.2, 0.25) is 5.02 Å². The molecule has 1 amide bonds. The predicted octanol–water partition coefficient (Wildman–Crippen LogP) is 5.25. The highest BCUT2D eigenvalue weighted by atomic mass is 35.5. The Morgan fingerprint density at radius 1 is 0.933 bits per heavy atom. The summed E-state index contributed by atoms with van der Waals surface area (Å²) in [5, 5.41) is 2.92. The van der Waals surface area contributed by atoms with Crippen molar-refractivity contribution in [3.8, 4) is 0 Å². The maximum atomic E-state index is 12.9. The van der Waals surface area contributed by atoms with Crippen molar-refractivity contribution in [2.75, 3.05) is 4.72 Å². The highest BCUT2D eigenvalue weighted by molar-refractivity contribution is 7.92. The van der Waals surface area contributed by atoms with Gasteiger partial charge in [-0.15, -0.1) is 0 Å². The molecule has 0 saturated heterocycles. The Balaban J connectivity index is 1.86. The lowest BCUT2D eigenvalue weighted by atomic mass is 10.1. The normalized spacial score (nSPS) is 12.3. The molecule has 5 nitrogen and oxygen atoms in total. The number of nitrogens with one attached hydrogen (secondary N) is 2. The number of rotatable bonds is 6. The van der Waals surface area contributed by atoms with Crippen LogP contribution in [0.3, 0.4) is 0 Å². The van der Waals surface area contributed by atoms with Gasteiger partial charge in [0.25, 0.3) is 15.9 Å². The molecule has 0 aliphatic heterocycles. The molecule has 0 fully saturated rings. The smallest absolute Gasteiger partial charge is 0.263 e. The number of benzene rings is 3. The number of sulfonamides is 1. The van der Waals surface area contributed by atoms with E-state index in [-0.39, 0.29) is 27.4 Å². The largest absolute Gasteiger partial charge is 0.346 e. The first-order valence-electron chi connectivity index (χ1n) is 9.42. The highest BCUT2D eigenvalue weighted by Crippen LogP contribution is 2.26. The monoisotopic (exact) mass is 442 g/mol. The number of hydrogen-bond donors (Lipinski definition) is 2. The molecule has 2 N–H and O–H groups in total. The van der Waals surface area contributed by atoms with E-state index in [1.54, 1.807) is 12.1 Å². The van der Waals surface area contributed by atoms with Gasteiger partial charge in [-0.2, -0.15) is 0 Å². The van der Waals surface area contributed by atoms with E-state index < -0.39 is 10.0 Å². The molecule has 30 heavy (non-hydrogen) atoms. The van der Waals surface area contributed by atoms with E-state index in [1.165, 1.54) is 18.2 Å². The van der Waals surface area contributed by atoms with Crippen LogP contribution >= 0.6 is 11.6 Å². The Kier molecular flexibility index (Phi) is 6.48. The van der Waals surface area contributed by atoms with E-state index in [2.05, 4.69) is 10.0 Å². The van der Waals surface area contributed by atoms with Crippen LogP contribution in [0, 0.1) is 13.8 Å². The van der Waals surface area contributed by atoms with Gasteiger partial charge >= 0.3 is 0 Å². The van der Waals surface area contributed by atoms with Crippen LogP contribution in [0.25, 0.3) is 0 Å². The van der Waals surface area contributed by atoms with Gasteiger partial charge in [-0.3, -0.25) is 9.52 Å². The molecule has 1 atom stereocenters. The molecular formula is C23H23ClN2O3S. The van der Waals surface area contributed by atoms with Crippen molar-refractivity contribution in [2.45, 2.75) is 31.7 Å². The molecule has 0 aliphatic carbocycles. The van der Waals surface area contributed by atoms with Crippen LogP contribution in [-0.4, -0.2) is 14.3 Å². The van der Waals surface area contributed by atoms with E-state index in [1.807, 2.05) is 57.2 Å². The minimum Gasteiger partial charge on any atom is -0.346 e. The third kappa shape index (κ3) is 5.20. The topological polar surface area (TPSA) is 75.3 Å². The number of aryl methyl sites for hydroxylation is 2. The van der Waals surface area contributed by atoms with Crippen molar-refractivity contribution in [1.82, 2.24) is 5.32 Å². The predicted molar refractivity (Wildman–Crippen MR) is 120 cm³/mol. The Labute approximate surface area is 182 Å². The lowest BCUT2D eigenvalue weighted by Gasteiger charge is -2.15. The van der Waals surface area contributed by atoms with E-state index in [4.69, 9.17) is 11.6 Å². The Morgan fingerprint density at radius 2 is 1.57 bits per heavy atom. The van der Waals surface area contributed by atoms with Crippen molar-refractivity contribution in [2.24, 2.45) is 0 Å². The lowest BCUT2D eigenvalue weighted by Crippen LogP contribution is -2.27. The van der Waals surface area contributed by atoms with Crippen molar-refractivity contribution < 1.29 is 13.2 Å². The molecule has 7 heteroatoms. The first-order valence-corrected chi connectivity index (χ1v) is 11.3. The van der Waals surface area contributed by atoms with Crippen LogP contribution < -0.4 is 10.0 Å². The Bertz CT molecular complexity index is 1160. The summed E-state index contributed by atoms with van der Waals surface area (Å²) in [7, 11) is -3.98. The first kappa shape index (κ1) is 21.9. The van der Waals surface area contributed by atoms with E-state index >= 15 is 0 Å². The highest BCUT2D eigenvalue weighted by Gasteiger charge is 2.21. The second-order valence-electron chi connectivity index (χ2n) is 7.23. The molecular weight excluding hydrogens is 420 g/mol. The van der Waals surface area contributed by atoms with Crippen molar-refractivity contribution in [3.63, 3.8) is 0 Å². The SMILES string of the molecule is Cc1cc(C)cc(NS(=O)(=O)c2cc(C(=O)NC(C)c3ccccc3)ccc2Cl)c1. The van der Waals surface area contributed by atoms with E-state index in [9.17, 15) is 13.2 Å². The molecule has 0 saturated carbocycles. The Hall–Kier alpha value is -2.83. The third-order valence-electron chi connectivity index (χ3n) is 4.60. The van der Waals surface area contributed by atoms with Gasteiger partial charge < -0.3 is 5.32 Å². The summed E-state index contributed by atoms with van der Waals surface area (Å²) >= 11 is 6.16. The average molecular weight is 443 g/mol. The summed E-state index contributed by atoms with van der Waals surface area (Å²) < 4.78 is 28.4. The second-order valence-corrected chi connectivity index (χ2v) is 9.29. The van der Waals surface area contributed by atoms with Gasteiger partial charge in [0.05, 0.1) is 11.1 Å². The molecule has 3 aromatic rings. The van der Waals surface area contributed by atoms with Crippen LogP contribution in [-0.2, 0) is 10.0 Å². The van der Waals surface area contributed by atoms with Crippen molar-refractivity contribution in [3.05, 3.63) is 94.0 Å². The minimum atomic E-state index is -3.98. The summed E-state index contributed by atoms with van der Waals surface area (Å²) in [6, 6.07) is 18.9. The molecule has 0 aromatic heterocycles. The van der Waals surface area contributed by atoms with Gasteiger partial charge in [0.2, 0.25) is 0 Å². The van der Waals surface area contributed by atoms with Gasteiger partial charge in [-0.25, -0.2) is 8.42 Å². The average Bonchev–Trinajstić information content (AvgIpc) is 2.67. The molecule has 0 heterocycles. The summed E-state index contributed by atoms with van der Waals surface area (Å²) in [4.78, 5) is 12.5. The van der Waals surface area contributed by atoms with E-state index in [0.29, 0.717) is 5.69 Å². The maximum absolute atomic E-state index is 12.9. The summed E-state index contributed by atoms with van der Waals surface area (Å²) in [5.74, 6) is -0.383. The molecule has 0 aliphatic rings. The molecule has 3 aromatic carbocycles. The Morgan fingerprint density at radius 3 is 2.20 bits per heavy atom. The minimum absolute atomic E-state index is 0.0412. The number of carbonyl (C=O) groups is 1. The van der Waals surface area contributed by atoms with Crippen molar-refractivity contribution in [1.29, 1.82) is 0 Å². The fourth-order valence-electron chi connectivity index (χ4n) is 3.20. The molecule has 156 valence electrons. The summed E-state index contributed by atoms with van der Waals surface area (Å²) in [6.07, 6.45) is 0. The number of halogens is 1. The van der Waals surface area contributed by atoms with Gasteiger partial charge in [-0.05, 0) is 67.8 Å². The molecule has 0 spiro atoms. The van der Waals surface area contributed by atoms with Crippen LogP contribution in [0.15, 0.2) is 71.6 Å². The number of hydrogen-bond acceptors (Lipinski definition) is 3.